The Kier molecular flexibility index (Phi) is 4.02. The minimum Gasteiger partial charge on any atom is -0.381 e. The number of aromatic nitrogens is 2. The summed E-state index contributed by atoms with van der Waals surface area (Å²) in [5, 5.41) is 0. The second-order valence-electron chi connectivity index (χ2n) is 6.59. The molecule has 116 valence electrons. The van der Waals surface area contributed by atoms with Crippen molar-refractivity contribution in [1.82, 2.24) is 9.97 Å². The molecule has 3 rings (SSSR count). The van der Waals surface area contributed by atoms with Crippen LogP contribution in [0.3, 0.4) is 0 Å². The Morgan fingerprint density at radius 1 is 1.43 bits per heavy atom. The summed E-state index contributed by atoms with van der Waals surface area (Å²) in [5.41, 5.74) is 1.25. The van der Waals surface area contributed by atoms with Crippen LogP contribution in [-0.4, -0.2) is 36.3 Å². The van der Waals surface area contributed by atoms with E-state index in [9.17, 15) is 4.79 Å². The van der Waals surface area contributed by atoms with E-state index in [1.807, 2.05) is 6.20 Å². The van der Waals surface area contributed by atoms with E-state index in [1.165, 1.54) is 0 Å². The van der Waals surface area contributed by atoms with Crippen molar-refractivity contribution in [2.24, 2.45) is 5.41 Å². The minimum absolute atomic E-state index is 0.0496. The summed E-state index contributed by atoms with van der Waals surface area (Å²) in [4.78, 5) is 21.9. The highest BCUT2D eigenvalue weighted by atomic mass is 16.5. The van der Waals surface area contributed by atoms with Gasteiger partial charge in [0.25, 0.3) is 5.56 Å². The van der Waals surface area contributed by atoms with E-state index in [0.717, 1.165) is 57.7 Å². The van der Waals surface area contributed by atoms with Crippen molar-refractivity contribution >= 4 is 5.82 Å². The minimum atomic E-state index is -0.0496. The standard InChI is InChI=1S/C16H25N3O2/c1-3-12(2)13-10-17-14(15(20)18-13)19-7-4-16(5-8-19)6-9-21-11-16/h10,12H,3-9,11H2,1-2H3,(H,18,20). The molecule has 0 radical (unpaired) electrons. The summed E-state index contributed by atoms with van der Waals surface area (Å²) in [6.45, 7) is 7.81. The van der Waals surface area contributed by atoms with Gasteiger partial charge in [-0.1, -0.05) is 13.8 Å². The highest BCUT2D eigenvalue weighted by molar-refractivity contribution is 5.37. The fourth-order valence-electron chi connectivity index (χ4n) is 3.34. The average molecular weight is 291 g/mol. The van der Waals surface area contributed by atoms with Gasteiger partial charge in [-0.2, -0.15) is 0 Å². The van der Waals surface area contributed by atoms with Crippen molar-refractivity contribution in [3.8, 4) is 0 Å². The van der Waals surface area contributed by atoms with Crippen LogP contribution < -0.4 is 10.5 Å². The van der Waals surface area contributed by atoms with Gasteiger partial charge in [0.15, 0.2) is 5.82 Å². The second kappa shape index (κ2) is 5.79. The molecule has 1 N–H and O–H groups in total. The topological polar surface area (TPSA) is 58.2 Å². The first-order valence-corrected chi connectivity index (χ1v) is 8.05. The Morgan fingerprint density at radius 3 is 2.76 bits per heavy atom. The molecule has 1 aromatic rings. The maximum atomic E-state index is 12.3. The number of nitrogens with zero attached hydrogens (tertiary/aromatic N) is 2. The van der Waals surface area contributed by atoms with Gasteiger partial charge in [-0.3, -0.25) is 4.79 Å². The van der Waals surface area contributed by atoms with Crippen LogP contribution in [0, 0.1) is 5.41 Å². The van der Waals surface area contributed by atoms with E-state index in [1.54, 1.807) is 0 Å². The van der Waals surface area contributed by atoms with Crippen LogP contribution in [0.15, 0.2) is 11.0 Å². The average Bonchev–Trinajstić information content (AvgIpc) is 2.96. The number of aromatic amines is 1. The van der Waals surface area contributed by atoms with Crippen molar-refractivity contribution in [3.63, 3.8) is 0 Å². The van der Waals surface area contributed by atoms with Gasteiger partial charge in [-0.15, -0.1) is 0 Å². The number of piperidine rings is 1. The molecule has 1 unspecified atom stereocenters. The van der Waals surface area contributed by atoms with Crippen LogP contribution in [0.5, 0.6) is 0 Å². The summed E-state index contributed by atoms with van der Waals surface area (Å²) in [7, 11) is 0. The molecule has 1 aromatic heterocycles. The molecule has 5 nitrogen and oxygen atoms in total. The third kappa shape index (κ3) is 2.84. The van der Waals surface area contributed by atoms with Crippen molar-refractivity contribution in [2.45, 2.75) is 45.4 Å². The second-order valence-corrected chi connectivity index (χ2v) is 6.59. The Balaban J connectivity index is 1.72. The highest BCUT2D eigenvalue weighted by Gasteiger charge is 2.38. The summed E-state index contributed by atoms with van der Waals surface area (Å²) in [6.07, 6.45) is 6.19. The lowest BCUT2D eigenvalue weighted by molar-refractivity contribution is 0.133. The normalized spacial score (nSPS) is 22.7. The SMILES string of the molecule is CCC(C)c1cnc(N2CCC3(CCOC3)CC2)c(=O)[nH]1. The number of anilines is 1. The first-order valence-electron chi connectivity index (χ1n) is 8.05. The quantitative estimate of drug-likeness (QED) is 0.928. The number of hydrogen-bond donors (Lipinski definition) is 1. The molecule has 2 aliphatic rings. The fourth-order valence-corrected chi connectivity index (χ4v) is 3.34. The van der Waals surface area contributed by atoms with Gasteiger partial charge in [0.2, 0.25) is 0 Å². The van der Waals surface area contributed by atoms with E-state index >= 15 is 0 Å². The molecule has 2 aliphatic heterocycles. The first kappa shape index (κ1) is 14.6. The van der Waals surface area contributed by atoms with E-state index in [-0.39, 0.29) is 5.56 Å². The zero-order valence-corrected chi connectivity index (χ0v) is 13.0. The summed E-state index contributed by atoms with van der Waals surface area (Å²) in [5.74, 6) is 0.926. The molecule has 5 heteroatoms. The van der Waals surface area contributed by atoms with E-state index in [0.29, 0.717) is 17.2 Å². The van der Waals surface area contributed by atoms with E-state index < -0.39 is 0 Å². The van der Waals surface area contributed by atoms with Gasteiger partial charge in [0.05, 0.1) is 6.61 Å². The predicted molar refractivity (Wildman–Crippen MR) is 82.9 cm³/mol. The molecule has 2 saturated heterocycles. The van der Waals surface area contributed by atoms with Gasteiger partial charge < -0.3 is 14.6 Å². The van der Waals surface area contributed by atoms with Crippen molar-refractivity contribution in [2.75, 3.05) is 31.2 Å². The highest BCUT2D eigenvalue weighted by Crippen LogP contribution is 2.39. The summed E-state index contributed by atoms with van der Waals surface area (Å²) < 4.78 is 5.55. The smallest absolute Gasteiger partial charge is 0.291 e. The van der Waals surface area contributed by atoms with Gasteiger partial charge >= 0.3 is 0 Å². The van der Waals surface area contributed by atoms with Gasteiger partial charge in [0, 0.05) is 31.6 Å². The molecule has 1 spiro atoms. The monoisotopic (exact) mass is 291 g/mol. The fraction of sp³-hybridized carbons (Fsp3) is 0.750. The molecule has 0 bridgehead atoms. The number of H-pyrrole nitrogens is 1. The Hall–Kier alpha value is -1.36. The molecule has 0 aliphatic carbocycles. The molecule has 2 fully saturated rings. The lowest BCUT2D eigenvalue weighted by Gasteiger charge is -2.38. The molecular formula is C16H25N3O2. The predicted octanol–water partition coefficient (Wildman–Crippen LogP) is 2.29. The Bertz CT molecular complexity index is 539. The zero-order chi connectivity index (χ0) is 14.9. The lowest BCUT2D eigenvalue weighted by atomic mass is 9.78. The molecular weight excluding hydrogens is 266 g/mol. The van der Waals surface area contributed by atoms with Crippen LogP contribution in [-0.2, 0) is 4.74 Å². The first-order chi connectivity index (χ1) is 10.1. The maximum Gasteiger partial charge on any atom is 0.291 e. The molecule has 1 atom stereocenters. The molecule has 0 amide bonds. The van der Waals surface area contributed by atoms with Crippen LogP contribution in [0.1, 0.15) is 51.1 Å². The third-order valence-corrected chi connectivity index (χ3v) is 5.24. The maximum absolute atomic E-state index is 12.3. The van der Waals surface area contributed by atoms with Crippen LogP contribution in [0.4, 0.5) is 5.82 Å². The number of ether oxygens (including phenoxy) is 1. The number of hydrogen-bond acceptors (Lipinski definition) is 4. The Morgan fingerprint density at radius 2 is 2.19 bits per heavy atom. The zero-order valence-electron chi connectivity index (χ0n) is 13.0. The van der Waals surface area contributed by atoms with E-state index in [2.05, 4.69) is 28.7 Å². The van der Waals surface area contributed by atoms with Crippen molar-refractivity contribution < 1.29 is 4.74 Å². The van der Waals surface area contributed by atoms with Crippen molar-refractivity contribution in [1.29, 1.82) is 0 Å². The van der Waals surface area contributed by atoms with Crippen LogP contribution in [0.2, 0.25) is 0 Å². The molecule has 0 saturated carbocycles. The van der Waals surface area contributed by atoms with Gasteiger partial charge in [-0.05, 0) is 37.0 Å². The third-order valence-electron chi connectivity index (χ3n) is 5.24. The van der Waals surface area contributed by atoms with Crippen LogP contribution >= 0.6 is 0 Å². The molecule has 0 aromatic carbocycles. The summed E-state index contributed by atoms with van der Waals surface area (Å²) in [6, 6.07) is 0. The van der Waals surface area contributed by atoms with Crippen molar-refractivity contribution in [3.05, 3.63) is 22.2 Å². The van der Waals surface area contributed by atoms with Gasteiger partial charge in [0.1, 0.15) is 0 Å². The molecule has 21 heavy (non-hydrogen) atoms. The number of nitrogens with one attached hydrogen (secondary N) is 1. The van der Waals surface area contributed by atoms with Crippen LogP contribution in [0.25, 0.3) is 0 Å². The molecule has 3 heterocycles. The van der Waals surface area contributed by atoms with E-state index in [4.69, 9.17) is 4.74 Å². The lowest BCUT2D eigenvalue weighted by Crippen LogP contribution is -2.43. The number of rotatable bonds is 3. The summed E-state index contributed by atoms with van der Waals surface area (Å²) >= 11 is 0. The Labute approximate surface area is 125 Å². The largest absolute Gasteiger partial charge is 0.381 e. The van der Waals surface area contributed by atoms with Gasteiger partial charge in [-0.25, -0.2) is 4.98 Å².